The highest BCUT2D eigenvalue weighted by Gasteiger charge is 2.16. The second-order valence-corrected chi connectivity index (χ2v) is 6.63. The standard InChI is InChI=1S/C11H11ClN2O2S2/c12-9-3-1-2-4-10(9)18(15,16)14-6-5-11-13-7-8-17-11/h1-4,7-8,14H,5-6H2. The number of hydrogen-bond acceptors (Lipinski definition) is 4. The van der Waals surface area contributed by atoms with Crippen molar-refractivity contribution in [2.45, 2.75) is 11.3 Å². The molecule has 1 aromatic heterocycles. The highest BCUT2D eigenvalue weighted by Crippen LogP contribution is 2.20. The van der Waals surface area contributed by atoms with Crippen molar-refractivity contribution < 1.29 is 8.42 Å². The van der Waals surface area contributed by atoms with Crippen molar-refractivity contribution in [2.24, 2.45) is 0 Å². The van der Waals surface area contributed by atoms with Gasteiger partial charge < -0.3 is 0 Å². The van der Waals surface area contributed by atoms with E-state index in [2.05, 4.69) is 9.71 Å². The molecule has 0 aliphatic carbocycles. The van der Waals surface area contributed by atoms with Gasteiger partial charge in [-0.15, -0.1) is 11.3 Å². The Morgan fingerprint density at radius 2 is 2.11 bits per heavy atom. The summed E-state index contributed by atoms with van der Waals surface area (Å²) in [5.41, 5.74) is 0. The average Bonchev–Trinajstić information content (AvgIpc) is 2.82. The molecule has 96 valence electrons. The first-order chi connectivity index (χ1) is 8.59. The summed E-state index contributed by atoms with van der Waals surface area (Å²) < 4.78 is 26.4. The van der Waals surface area contributed by atoms with Gasteiger partial charge in [0.05, 0.1) is 10.0 Å². The molecular formula is C11H11ClN2O2S2. The number of benzene rings is 1. The van der Waals surface area contributed by atoms with E-state index in [0.29, 0.717) is 13.0 Å². The molecule has 0 amide bonds. The molecule has 0 radical (unpaired) electrons. The molecule has 2 rings (SSSR count). The summed E-state index contributed by atoms with van der Waals surface area (Å²) in [7, 11) is -3.55. The minimum atomic E-state index is -3.55. The van der Waals surface area contributed by atoms with Crippen LogP contribution in [0.4, 0.5) is 0 Å². The highest BCUT2D eigenvalue weighted by atomic mass is 35.5. The lowest BCUT2D eigenvalue weighted by molar-refractivity contribution is 0.581. The maximum atomic E-state index is 12.0. The van der Waals surface area contributed by atoms with E-state index in [9.17, 15) is 8.42 Å². The largest absolute Gasteiger partial charge is 0.250 e. The molecule has 2 aromatic rings. The molecule has 1 heterocycles. The van der Waals surface area contributed by atoms with Gasteiger partial charge in [0.2, 0.25) is 10.0 Å². The minimum absolute atomic E-state index is 0.103. The summed E-state index contributed by atoms with van der Waals surface area (Å²) >= 11 is 7.36. The predicted molar refractivity (Wildman–Crippen MR) is 72.5 cm³/mol. The molecule has 0 aliphatic heterocycles. The third kappa shape index (κ3) is 3.29. The van der Waals surface area contributed by atoms with Crippen LogP contribution in [0.2, 0.25) is 5.02 Å². The SMILES string of the molecule is O=S(=O)(NCCc1nccs1)c1ccccc1Cl. The summed E-state index contributed by atoms with van der Waals surface area (Å²) in [4.78, 5) is 4.19. The zero-order chi connectivity index (χ0) is 13.0. The van der Waals surface area contributed by atoms with Gasteiger partial charge in [-0.1, -0.05) is 23.7 Å². The van der Waals surface area contributed by atoms with Gasteiger partial charge in [0.1, 0.15) is 4.90 Å². The molecule has 0 atom stereocenters. The highest BCUT2D eigenvalue weighted by molar-refractivity contribution is 7.89. The Labute approximate surface area is 115 Å². The Morgan fingerprint density at radius 1 is 1.33 bits per heavy atom. The van der Waals surface area contributed by atoms with Gasteiger partial charge in [0.25, 0.3) is 0 Å². The molecule has 0 unspecified atom stereocenters. The minimum Gasteiger partial charge on any atom is -0.250 e. The lowest BCUT2D eigenvalue weighted by Crippen LogP contribution is -2.26. The van der Waals surface area contributed by atoms with Crippen LogP contribution >= 0.6 is 22.9 Å². The number of sulfonamides is 1. The first-order valence-corrected chi connectivity index (χ1v) is 7.96. The fourth-order valence-corrected chi connectivity index (χ4v) is 3.58. The Bertz CT molecular complexity index is 612. The molecular weight excluding hydrogens is 292 g/mol. The van der Waals surface area contributed by atoms with Crippen molar-refractivity contribution in [1.29, 1.82) is 0 Å². The molecule has 0 aliphatic rings. The number of nitrogens with one attached hydrogen (secondary N) is 1. The Balaban J connectivity index is 2.02. The van der Waals surface area contributed by atoms with Crippen molar-refractivity contribution in [3.05, 3.63) is 45.9 Å². The van der Waals surface area contributed by atoms with Crippen molar-refractivity contribution in [1.82, 2.24) is 9.71 Å². The van der Waals surface area contributed by atoms with Crippen LogP contribution in [0.5, 0.6) is 0 Å². The molecule has 0 spiro atoms. The molecule has 4 nitrogen and oxygen atoms in total. The van der Waals surface area contributed by atoms with Crippen molar-refractivity contribution in [3.63, 3.8) is 0 Å². The first kappa shape index (κ1) is 13.5. The molecule has 1 aromatic carbocycles. The molecule has 0 bridgehead atoms. The van der Waals surface area contributed by atoms with Gasteiger partial charge in [0.15, 0.2) is 0 Å². The fourth-order valence-electron chi connectivity index (χ4n) is 1.41. The third-order valence-corrected chi connectivity index (χ3v) is 5.04. The van der Waals surface area contributed by atoms with Crippen LogP contribution < -0.4 is 4.72 Å². The van der Waals surface area contributed by atoms with E-state index in [1.807, 2.05) is 5.38 Å². The normalized spacial score (nSPS) is 11.6. The lowest BCUT2D eigenvalue weighted by Gasteiger charge is -2.07. The van der Waals surface area contributed by atoms with Crippen LogP contribution in [0.1, 0.15) is 5.01 Å². The summed E-state index contributed by atoms with van der Waals surface area (Å²) in [6.45, 7) is 0.307. The maximum Gasteiger partial charge on any atom is 0.242 e. The number of thiazole rings is 1. The van der Waals surface area contributed by atoms with Crippen LogP contribution in [-0.2, 0) is 16.4 Å². The Hall–Kier alpha value is -0.950. The summed E-state index contributed by atoms with van der Waals surface area (Å²) in [5.74, 6) is 0. The number of halogens is 1. The molecule has 18 heavy (non-hydrogen) atoms. The predicted octanol–water partition coefficient (Wildman–Crippen LogP) is 2.32. The molecule has 1 N–H and O–H groups in total. The number of aromatic nitrogens is 1. The quantitative estimate of drug-likeness (QED) is 0.922. The van der Waals surface area contributed by atoms with Crippen LogP contribution in [0.15, 0.2) is 40.7 Å². The average molecular weight is 303 g/mol. The zero-order valence-electron chi connectivity index (χ0n) is 9.34. The summed E-state index contributed by atoms with van der Waals surface area (Å²) in [6, 6.07) is 6.36. The van der Waals surface area contributed by atoms with Gasteiger partial charge in [-0.3, -0.25) is 0 Å². The summed E-state index contributed by atoms with van der Waals surface area (Å²) in [5, 5.41) is 2.98. The van der Waals surface area contributed by atoms with Gasteiger partial charge in [-0.25, -0.2) is 18.1 Å². The van der Waals surface area contributed by atoms with E-state index in [-0.39, 0.29) is 9.92 Å². The second-order valence-electron chi connectivity index (χ2n) is 3.50. The van der Waals surface area contributed by atoms with Crippen LogP contribution in [-0.4, -0.2) is 19.9 Å². The van der Waals surface area contributed by atoms with E-state index in [0.717, 1.165) is 5.01 Å². The van der Waals surface area contributed by atoms with Crippen molar-refractivity contribution >= 4 is 33.0 Å². The van der Waals surface area contributed by atoms with E-state index < -0.39 is 10.0 Å². The number of rotatable bonds is 5. The maximum absolute atomic E-state index is 12.0. The monoisotopic (exact) mass is 302 g/mol. The van der Waals surface area contributed by atoms with E-state index >= 15 is 0 Å². The van der Waals surface area contributed by atoms with Crippen LogP contribution in [0, 0.1) is 0 Å². The number of hydrogen-bond donors (Lipinski definition) is 1. The van der Waals surface area contributed by atoms with Gasteiger partial charge in [-0.2, -0.15) is 0 Å². The molecule has 7 heteroatoms. The van der Waals surface area contributed by atoms with Gasteiger partial charge in [-0.05, 0) is 12.1 Å². The van der Waals surface area contributed by atoms with E-state index in [4.69, 9.17) is 11.6 Å². The fraction of sp³-hybridized carbons (Fsp3) is 0.182. The van der Waals surface area contributed by atoms with Crippen molar-refractivity contribution in [2.75, 3.05) is 6.54 Å². The Kier molecular flexibility index (Phi) is 4.34. The second kappa shape index (κ2) is 5.79. The Morgan fingerprint density at radius 3 is 2.78 bits per heavy atom. The van der Waals surface area contributed by atoms with E-state index in [1.165, 1.54) is 17.4 Å². The smallest absolute Gasteiger partial charge is 0.242 e. The van der Waals surface area contributed by atoms with E-state index in [1.54, 1.807) is 24.4 Å². The van der Waals surface area contributed by atoms with Crippen LogP contribution in [0.3, 0.4) is 0 Å². The van der Waals surface area contributed by atoms with Crippen molar-refractivity contribution in [3.8, 4) is 0 Å². The molecule has 0 saturated heterocycles. The number of nitrogens with zero attached hydrogens (tertiary/aromatic N) is 1. The van der Waals surface area contributed by atoms with Crippen LogP contribution in [0.25, 0.3) is 0 Å². The topological polar surface area (TPSA) is 59.1 Å². The van der Waals surface area contributed by atoms with Gasteiger partial charge >= 0.3 is 0 Å². The third-order valence-electron chi connectivity index (χ3n) is 2.24. The first-order valence-electron chi connectivity index (χ1n) is 5.22. The van der Waals surface area contributed by atoms with Gasteiger partial charge in [0, 0.05) is 24.5 Å². The summed E-state index contributed by atoms with van der Waals surface area (Å²) in [6.07, 6.45) is 2.27. The lowest BCUT2D eigenvalue weighted by atomic mass is 10.4. The molecule has 0 saturated carbocycles. The molecule has 0 fully saturated rings. The zero-order valence-corrected chi connectivity index (χ0v) is 11.7.